The molecule has 0 fully saturated rings. The number of rotatable bonds is 6. The van der Waals surface area contributed by atoms with E-state index in [0.29, 0.717) is 0 Å². The van der Waals surface area contributed by atoms with E-state index in [1.54, 1.807) is 14.2 Å². The summed E-state index contributed by atoms with van der Waals surface area (Å²) in [5.41, 5.74) is 2.30. The van der Waals surface area contributed by atoms with E-state index in [-0.39, 0.29) is 0 Å². The molecule has 0 aromatic heterocycles. The largest absolute Gasteiger partial charge is 0.416 e. The lowest BCUT2D eigenvalue weighted by Gasteiger charge is -2.25. The Kier molecular flexibility index (Phi) is 5.32. The van der Waals surface area contributed by atoms with Crippen molar-refractivity contribution in [1.82, 2.24) is 0 Å². The maximum atomic E-state index is 5.61. The third-order valence-corrected chi connectivity index (χ3v) is 9.58. The average molecular weight is 307 g/mol. The van der Waals surface area contributed by atoms with Crippen LogP contribution in [0.1, 0.15) is 11.1 Å². The SMILES string of the molecule is C=C(c1ccc(C(=C)[Si](C)(C)OC)cc1)[Si](C)(C)OC. The summed E-state index contributed by atoms with van der Waals surface area (Å²) in [6.07, 6.45) is 0. The zero-order valence-electron chi connectivity index (χ0n) is 13.5. The summed E-state index contributed by atoms with van der Waals surface area (Å²) in [5, 5.41) is 2.22. The smallest absolute Gasteiger partial charge is 0.217 e. The standard InChI is InChI=1S/C16H26O2Si2/c1-13(19(5,6)17-3)15-9-11-16(12-10-15)14(2)20(7,8)18-4/h9-12H,1-2H2,3-8H3. The van der Waals surface area contributed by atoms with Crippen LogP contribution in [0.15, 0.2) is 37.4 Å². The molecule has 0 amide bonds. The summed E-state index contributed by atoms with van der Waals surface area (Å²) in [4.78, 5) is 0. The van der Waals surface area contributed by atoms with E-state index in [0.717, 1.165) is 21.5 Å². The lowest BCUT2D eigenvalue weighted by atomic mass is 10.1. The monoisotopic (exact) mass is 306 g/mol. The lowest BCUT2D eigenvalue weighted by Crippen LogP contribution is -2.31. The molecular formula is C16H26O2Si2. The van der Waals surface area contributed by atoms with Crippen LogP contribution in [0, 0.1) is 0 Å². The second-order valence-electron chi connectivity index (χ2n) is 5.96. The van der Waals surface area contributed by atoms with E-state index in [2.05, 4.69) is 63.6 Å². The predicted molar refractivity (Wildman–Crippen MR) is 93.5 cm³/mol. The molecule has 0 spiro atoms. The van der Waals surface area contributed by atoms with E-state index in [1.165, 1.54) is 0 Å². The second kappa shape index (κ2) is 6.22. The average Bonchev–Trinajstić information content (AvgIpc) is 2.45. The highest BCUT2D eigenvalue weighted by Gasteiger charge is 2.28. The fraction of sp³-hybridized carbons (Fsp3) is 0.375. The lowest BCUT2D eigenvalue weighted by molar-refractivity contribution is 0.417. The molecule has 0 aliphatic carbocycles. The molecule has 0 N–H and O–H groups in total. The van der Waals surface area contributed by atoms with Crippen LogP contribution in [0.2, 0.25) is 26.2 Å². The maximum Gasteiger partial charge on any atom is 0.217 e. The first kappa shape index (κ1) is 17.1. The van der Waals surface area contributed by atoms with Gasteiger partial charge in [0.15, 0.2) is 0 Å². The van der Waals surface area contributed by atoms with E-state index < -0.39 is 16.6 Å². The highest BCUT2D eigenvalue weighted by molar-refractivity contribution is 6.90. The van der Waals surface area contributed by atoms with Gasteiger partial charge >= 0.3 is 0 Å². The topological polar surface area (TPSA) is 18.5 Å². The van der Waals surface area contributed by atoms with Gasteiger partial charge in [0, 0.05) is 14.2 Å². The van der Waals surface area contributed by atoms with Crippen LogP contribution in [-0.4, -0.2) is 30.9 Å². The van der Waals surface area contributed by atoms with Crippen LogP contribution >= 0.6 is 0 Å². The minimum atomic E-state index is -1.84. The van der Waals surface area contributed by atoms with Crippen molar-refractivity contribution in [1.29, 1.82) is 0 Å². The zero-order valence-corrected chi connectivity index (χ0v) is 15.5. The van der Waals surface area contributed by atoms with Gasteiger partial charge in [0.2, 0.25) is 16.6 Å². The van der Waals surface area contributed by atoms with E-state index in [9.17, 15) is 0 Å². The Morgan fingerprint density at radius 3 is 1.20 bits per heavy atom. The molecule has 0 saturated carbocycles. The minimum Gasteiger partial charge on any atom is -0.416 e. The van der Waals surface area contributed by atoms with Gasteiger partial charge in [-0.05, 0) is 47.7 Å². The van der Waals surface area contributed by atoms with Crippen LogP contribution in [-0.2, 0) is 8.85 Å². The Bertz CT molecular complexity index is 455. The highest BCUT2D eigenvalue weighted by atomic mass is 28.4. The number of hydrogen-bond acceptors (Lipinski definition) is 2. The molecule has 0 aliphatic rings. The number of hydrogen-bond donors (Lipinski definition) is 0. The van der Waals surface area contributed by atoms with Gasteiger partial charge < -0.3 is 8.85 Å². The summed E-state index contributed by atoms with van der Waals surface area (Å²) in [6.45, 7) is 17.0. The summed E-state index contributed by atoms with van der Waals surface area (Å²) in [7, 11) is -0.157. The first-order valence-electron chi connectivity index (χ1n) is 6.75. The van der Waals surface area contributed by atoms with Crippen molar-refractivity contribution in [3.8, 4) is 0 Å². The Morgan fingerprint density at radius 2 is 1.00 bits per heavy atom. The fourth-order valence-corrected chi connectivity index (χ4v) is 4.03. The maximum absolute atomic E-state index is 5.61. The molecule has 1 aromatic rings. The third-order valence-electron chi connectivity index (χ3n) is 4.06. The molecule has 2 nitrogen and oxygen atoms in total. The Morgan fingerprint density at radius 1 is 0.750 bits per heavy atom. The van der Waals surface area contributed by atoms with Gasteiger partial charge in [-0.15, -0.1) is 0 Å². The molecule has 0 atom stereocenters. The summed E-state index contributed by atoms with van der Waals surface area (Å²) >= 11 is 0. The van der Waals surface area contributed by atoms with E-state index in [4.69, 9.17) is 8.85 Å². The molecule has 20 heavy (non-hydrogen) atoms. The van der Waals surface area contributed by atoms with Crippen molar-refractivity contribution in [3.63, 3.8) is 0 Å². The van der Waals surface area contributed by atoms with Crippen LogP contribution in [0.5, 0.6) is 0 Å². The van der Waals surface area contributed by atoms with Crippen LogP contribution in [0.4, 0.5) is 0 Å². The molecule has 1 aromatic carbocycles. The quantitative estimate of drug-likeness (QED) is 0.721. The van der Waals surface area contributed by atoms with Crippen LogP contribution in [0.3, 0.4) is 0 Å². The molecule has 4 heteroatoms. The molecule has 1 rings (SSSR count). The summed E-state index contributed by atoms with van der Waals surface area (Å²) in [5.74, 6) is 0. The van der Waals surface area contributed by atoms with Gasteiger partial charge in [-0.3, -0.25) is 0 Å². The van der Waals surface area contributed by atoms with Gasteiger partial charge in [0.1, 0.15) is 0 Å². The number of benzene rings is 1. The molecule has 0 saturated heterocycles. The van der Waals surface area contributed by atoms with Gasteiger partial charge in [0.25, 0.3) is 0 Å². The second-order valence-corrected chi connectivity index (χ2v) is 14.0. The summed E-state index contributed by atoms with van der Waals surface area (Å²) < 4.78 is 11.2. The van der Waals surface area contributed by atoms with Crippen molar-refractivity contribution in [2.24, 2.45) is 0 Å². The first-order valence-corrected chi connectivity index (χ1v) is 12.6. The molecule has 0 unspecified atom stereocenters. The molecule has 0 aliphatic heterocycles. The van der Waals surface area contributed by atoms with Gasteiger partial charge in [0.05, 0.1) is 0 Å². The zero-order chi connectivity index (χ0) is 15.6. The van der Waals surface area contributed by atoms with Crippen molar-refractivity contribution in [2.75, 3.05) is 14.2 Å². The summed E-state index contributed by atoms with van der Waals surface area (Å²) in [6, 6.07) is 8.43. The molecule has 0 radical (unpaired) electrons. The molecule has 0 bridgehead atoms. The van der Waals surface area contributed by atoms with Gasteiger partial charge in [-0.25, -0.2) is 0 Å². The van der Waals surface area contributed by atoms with E-state index >= 15 is 0 Å². The van der Waals surface area contributed by atoms with Crippen LogP contribution in [0.25, 0.3) is 10.4 Å². The third kappa shape index (κ3) is 3.58. The van der Waals surface area contributed by atoms with E-state index in [1.807, 2.05) is 0 Å². The Balaban J connectivity index is 3.01. The first-order chi connectivity index (χ1) is 9.15. The van der Waals surface area contributed by atoms with Crippen molar-refractivity contribution >= 4 is 27.0 Å². The minimum absolute atomic E-state index is 1.11. The van der Waals surface area contributed by atoms with Crippen molar-refractivity contribution in [2.45, 2.75) is 26.2 Å². The molecule has 110 valence electrons. The molecular weight excluding hydrogens is 280 g/mol. The predicted octanol–water partition coefficient (Wildman–Crippen LogP) is 4.49. The van der Waals surface area contributed by atoms with Gasteiger partial charge in [-0.1, -0.05) is 37.4 Å². The van der Waals surface area contributed by atoms with Crippen molar-refractivity contribution < 1.29 is 8.85 Å². The van der Waals surface area contributed by atoms with Crippen LogP contribution < -0.4 is 0 Å². The Labute approximate surface area is 125 Å². The van der Waals surface area contributed by atoms with Gasteiger partial charge in [-0.2, -0.15) is 0 Å². The fourth-order valence-electron chi connectivity index (χ4n) is 1.81. The van der Waals surface area contributed by atoms with Crippen molar-refractivity contribution in [3.05, 3.63) is 48.6 Å². The molecule has 0 heterocycles. The Hall–Kier alpha value is -0.946. The normalized spacial score (nSPS) is 12.3. The highest BCUT2D eigenvalue weighted by Crippen LogP contribution is 2.28.